The lowest BCUT2D eigenvalue weighted by molar-refractivity contribution is -0.275. The average molecular weight is 681 g/mol. The number of alkyl halides is 6. The molecule has 0 N–H and O–H groups in total. The number of benzene rings is 2. The van der Waals surface area contributed by atoms with Gasteiger partial charge in [0.25, 0.3) is 0 Å². The largest absolute Gasteiger partial charge is 0.573 e. The van der Waals surface area contributed by atoms with Gasteiger partial charge < -0.3 is 9.47 Å². The molecule has 4 saturated carbocycles. The molecule has 0 aliphatic heterocycles. The maximum absolute atomic E-state index is 12.2. The highest BCUT2D eigenvalue weighted by atomic mass is 19.4. The van der Waals surface area contributed by atoms with Crippen molar-refractivity contribution in [2.45, 2.75) is 141 Å². The summed E-state index contributed by atoms with van der Waals surface area (Å²) in [5.74, 6) is 6.06. The minimum absolute atomic E-state index is 0.128. The molecule has 4 aliphatic carbocycles. The lowest BCUT2D eigenvalue weighted by atomic mass is 9.68. The van der Waals surface area contributed by atoms with Crippen LogP contribution in [0, 0.1) is 35.5 Å². The summed E-state index contributed by atoms with van der Waals surface area (Å²) in [5.41, 5.74) is 2.31. The molecule has 8 heteroatoms. The van der Waals surface area contributed by atoms with Gasteiger partial charge >= 0.3 is 12.7 Å². The molecule has 0 spiro atoms. The minimum atomic E-state index is -4.61. The molecule has 0 aromatic heterocycles. The molecular formula is C40H54F6O2. The molecule has 2 aromatic rings. The Morgan fingerprint density at radius 1 is 0.396 bits per heavy atom. The van der Waals surface area contributed by atoms with E-state index in [0.29, 0.717) is 11.8 Å². The molecule has 0 amide bonds. The molecule has 0 heterocycles. The van der Waals surface area contributed by atoms with E-state index >= 15 is 0 Å². The Labute approximate surface area is 283 Å². The zero-order chi connectivity index (χ0) is 34.3. The van der Waals surface area contributed by atoms with E-state index in [1.165, 1.54) is 101 Å². The summed E-state index contributed by atoms with van der Waals surface area (Å²) in [4.78, 5) is 0. The first-order valence-electron chi connectivity index (χ1n) is 18.5. The normalized spacial score (nSPS) is 31.7. The fourth-order valence-electron chi connectivity index (χ4n) is 9.25. The highest BCUT2D eigenvalue weighted by molar-refractivity contribution is 5.31. The fraction of sp³-hybridized carbons (Fsp3) is 0.700. The van der Waals surface area contributed by atoms with E-state index in [1.807, 2.05) is 0 Å². The Kier molecular flexibility index (Phi) is 12.7. The molecule has 0 unspecified atom stereocenters. The first-order valence-corrected chi connectivity index (χ1v) is 18.5. The third kappa shape index (κ3) is 11.3. The summed E-state index contributed by atoms with van der Waals surface area (Å²) in [7, 11) is 0. The van der Waals surface area contributed by atoms with Crippen LogP contribution in [0.5, 0.6) is 11.5 Å². The zero-order valence-corrected chi connectivity index (χ0v) is 28.6. The van der Waals surface area contributed by atoms with Crippen LogP contribution in [0.1, 0.15) is 140 Å². The molecule has 48 heavy (non-hydrogen) atoms. The standard InChI is InChI=1S/2C20H27F3O/c2*1-14-2-4-15(5-3-14)16-6-8-17(9-7-16)18-10-12-19(13-11-18)24-20(21,22)23/h2*10-17H,2-9H2,1H3. The van der Waals surface area contributed by atoms with Crippen LogP contribution in [0.15, 0.2) is 48.5 Å². The Morgan fingerprint density at radius 3 is 0.896 bits per heavy atom. The van der Waals surface area contributed by atoms with Crippen LogP contribution in [0.3, 0.4) is 0 Å². The van der Waals surface area contributed by atoms with Gasteiger partial charge in [-0.05, 0) is 160 Å². The van der Waals surface area contributed by atoms with Crippen molar-refractivity contribution in [3.05, 3.63) is 59.7 Å². The van der Waals surface area contributed by atoms with E-state index in [-0.39, 0.29) is 11.5 Å². The fourth-order valence-corrected chi connectivity index (χ4v) is 9.25. The number of halogens is 6. The molecule has 0 bridgehead atoms. The predicted molar refractivity (Wildman–Crippen MR) is 178 cm³/mol. The van der Waals surface area contributed by atoms with Gasteiger partial charge in [-0.2, -0.15) is 0 Å². The van der Waals surface area contributed by atoms with Gasteiger partial charge in [0, 0.05) is 0 Å². The first kappa shape index (κ1) is 36.9. The van der Waals surface area contributed by atoms with E-state index < -0.39 is 12.7 Å². The Hall–Kier alpha value is -2.38. The van der Waals surface area contributed by atoms with Crippen molar-refractivity contribution in [1.29, 1.82) is 0 Å². The summed E-state index contributed by atoms with van der Waals surface area (Å²) in [6.45, 7) is 4.72. The van der Waals surface area contributed by atoms with Crippen LogP contribution >= 0.6 is 0 Å². The molecule has 4 fully saturated rings. The minimum Gasteiger partial charge on any atom is -0.406 e. The second-order valence-corrected chi connectivity index (χ2v) is 15.5. The molecule has 6 rings (SSSR count). The van der Waals surface area contributed by atoms with Crippen molar-refractivity contribution in [3.63, 3.8) is 0 Å². The maximum Gasteiger partial charge on any atom is 0.573 e. The summed E-state index contributed by atoms with van der Waals surface area (Å²) in [6, 6.07) is 13.0. The van der Waals surface area contributed by atoms with E-state index in [9.17, 15) is 26.3 Å². The molecule has 0 saturated heterocycles. The van der Waals surface area contributed by atoms with Crippen LogP contribution in [-0.2, 0) is 0 Å². The highest BCUT2D eigenvalue weighted by Gasteiger charge is 2.34. The molecule has 268 valence electrons. The predicted octanol–water partition coefficient (Wildman–Crippen LogP) is 13.4. The van der Waals surface area contributed by atoms with Gasteiger partial charge in [0.15, 0.2) is 0 Å². The molecule has 2 nitrogen and oxygen atoms in total. The third-order valence-electron chi connectivity index (χ3n) is 12.2. The van der Waals surface area contributed by atoms with Crippen LogP contribution < -0.4 is 9.47 Å². The van der Waals surface area contributed by atoms with E-state index in [0.717, 1.165) is 72.3 Å². The van der Waals surface area contributed by atoms with Gasteiger partial charge in [0.1, 0.15) is 11.5 Å². The molecule has 0 atom stereocenters. The number of hydrogen-bond donors (Lipinski definition) is 0. The zero-order valence-electron chi connectivity index (χ0n) is 28.6. The summed E-state index contributed by atoms with van der Waals surface area (Å²) >= 11 is 0. The third-order valence-corrected chi connectivity index (χ3v) is 12.2. The van der Waals surface area contributed by atoms with Gasteiger partial charge in [-0.1, -0.05) is 63.8 Å². The van der Waals surface area contributed by atoms with Crippen molar-refractivity contribution in [2.75, 3.05) is 0 Å². The van der Waals surface area contributed by atoms with Crippen LogP contribution in [0.4, 0.5) is 26.3 Å². The van der Waals surface area contributed by atoms with Crippen molar-refractivity contribution in [3.8, 4) is 11.5 Å². The highest BCUT2D eigenvalue weighted by Crippen LogP contribution is 2.45. The van der Waals surface area contributed by atoms with Crippen LogP contribution in [0.25, 0.3) is 0 Å². The van der Waals surface area contributed by atoms with Crippen molar-refractivity contribution in [2.24, 2.45) is 35.5 Å². The van der Waals surface area contributed by atoms with E-state index in [2.05, 4.69) is 23.3 Å². The summed E-state index contributed by atoms with van der Waals surface area (Å²) in [6.07, 6.45) is 11.6. The SMILES string of the molecule is CC1CCC(C2CCC(c3ccc(OC(F)(F)F)cc3)CC2)CC1.CC1CCC(C2CCC(c3ccc(OC(F)(F)F)cc3)CC2)CC1. The molecule has 0 radical (unpaired) electrons. The summed E-state index contributed by atoms with van der Waals surface area (Å²) < 4.78 is 81.2. The molecule has 4 aliphatic rings. The van der Waals surface area contributed by atoms with Gasteiger partial charge in [-0.25, -0.2) is 0 Å². The van der Waals surface area contributed by atoms with Gasteiger partial charge in [-0.3, -0.25) is 0 Å². The van der Waals surface area contributed by atoms with E-state index in [1.54, 1.807) is 24.3 Å². The van der Waals surface area contributed by atoms with E-state index in [4.69, 9.17) is 0 Å². The van der Waals surface area contributed by atoms with Gasteiger partial charge in [0.2, 0.25) is 0 Å². The second-order valence-electron chi connectivity index (χ2n) is 15.5. The van der Waals surface area contributed by atoms with Crippen molar-refractivity contribution in [1.82, 2.24) is 0 Å². The monoisotopic (exact) mass is 680 g/mol. The quantitative estimate of drug-likeness (QED) is 0.283. The Morgan fingerprint density at radius 2 is 0.646 bits per heavy atom. The average Bonchev–Trinajstić information content (AvgIpc) is 3.05. The van der Waals surface area contributed by atoms with Crippen LogP contribution in [-0.4, -0.2) is 12.7 Å². The molecular weight excluding hydrogens is 626 g/mol. The Balaban J connectivity index is 0.000000188. The lowest BCUT2D eigenvalue weighted by Crippen LogP contribution is -2.24. The second kappa shape index (κ2) is 16.6. The Bertz CT molecular complexity index is 1110. The smallest absolute Gasteiger partial charge is 0.406 e. The number of hydrogen-bond acceptors (Lipinski definition) is 2. The van der Waals surface area contributed by atoms with Crippen LogP contribution in [0.2, 0.25) is 0 Å². The number of rotatable bonds is 6. The van der Waals surface area contributed by atoms with Gasteiger partial charge in [0.05, 0.1) is 0 Å². The van der Waals surface area contributed by atoms with Crippen molar-refractivity contribution >= 4 is 0 Å². The van der Waals surface area contributed by atoms with Crippen molar-refractivity contribution < 1.29 is 35.8 Å². The lowest BCUT2D eigenvalue weighted by Gasteiger charge is -2.37. The molecule has 2 aromatic carbocycles. The maximum atomic E-state index is 12.2. The topological polar surface area (TPSA) is 18.5 Å². The van der Waals surface area contributed by atoms with Gasteiger partial charge in [-0.15, -0.1) is 26.3 Å². The first-order chi connectivity index (χ1) is 22.8. The number of ether oxygens (including phenoxy) is 2. The summed E-state index contributed by atoms with van der Waals surface area (Å²) in [5, 5.41) is 0.